The molecule has 5 nitrogen and oxygen atoms in total. The van der Waals surface area contributed by atoms with Gasteiger partial charge in [-0.1, -0.05) is 0 Å². The fraction of sp³-hybridized carbons (Fsp3) is 0.385. The number of carbonyl (C=O) groups is 1. The molecule has 0 aliphatic carbocycles. The number of rotatable bonds is 7. The standard InChI is InChI=1S/C13H13F3N2O3/c14-13(15,16)9-20-6-5-18-12(19)8-21-11-3-1-10(7-17)2-4-11/h1-4H,5-6,8-9H2,(H,18,19). The summed E-state index contributed by atoms with van der Waals surface area (Å²) in [6.07, 6.45) is -4.37. The second kappa shape index (κ2) is 8.11. The van der Waals surface area contributed by atoms with E-state index in [1.807, 2.05) is 6.07 Å². The number of alkyl halides is 3. The predicted molar refractivity (Wildman–Crippen MR) is 66.5 cm³/mol. The van der Waals surface area contributed by atoms with E-state index in [4.69, 9.17) is 10.00 Å². The Hall–Kier alpha value is -2.27. The summed E-state index contributed by atoms with van der Waals surface area (Å²) in [5, 5.41) is 11.0. The first-order chi connectivity index (χ1) is 9.90. The number of hydrogen-bond donors (Lipinski definition) is 1. The molecule has 1 amide bonds. The Balaban J connectivity index is 2.15. The van der Waals surface area contributed by atoms with E-state index in [0.717, 1.165) is 0 Å². The Bertz CT molecular complexity index is 495. The van der Waals surface area contributed by atoms with Gasteiger partial charge in [0.2, 0.25) is 0 Å². The molecule has 1 N–H and O–H groups in total. The maximum atomic E-state index is 11.8. The molecular formula is C13H13F3N2O3. The van der Waals surface area contributed by atoms with Gasteiger partial charge in [-0.2, -0.15) is 18.4 Å². The van der Waals surface area contributed by atoms with Gasteiger partial charge in [-0.25, -0.2) is 0 Å². The van der Waals surface area contributed by atoms with Crippen LogP contribution in [-0.4, -0.2) is 38.4 Å². The van der Waals surface area contributed by atoms with E-state index in [-0.39, 0.29) is 19.8 Å². The topological polar surface area (TPSA) is 71.3 Å². The van der Waals surface area contributed by atoms with Crippen molar-refractivity contribution in [2.45, 2.75) is 6.18 Å². The van der Waals surface area contributed by atoms with Gasteiger partial charge in [0.05, 0.1) is 18.2 Å². The van der Waals surface area contributed by atoms with Crippen LogP contribution >= 0.6 is 0 Å². The second-order valence-corrected chi connectivity index (χ2v) is 3.94. The highest BCUT2D eigenvalue weighted by Crippen LogP contribution is 2.14. The Kier molecular flexibility index (Phi) is 6.49. The van der Waals surface area contributed by atoms with Crippen LogP contribution in [0.3, 0.4) is 0 Å². The molecule has 0 saturated carbocycles. The molecule has 0 unspecified atom stereocenters. The Labute approximate surface area is 119 Å². The van der Waals surface area contributed by atoms with Crippen LogP contribution in [0.5, 0.6) is 5.75 Å². The van der Waals surface area contributed by atoms with E-state index in [0.29, 0.717) is 11.3 Å². The molecule has 114 valence electrons. The zero-order valence-electron chi connectivity index (χ0n) is 10.9. The first-order valence-electron chi connectivity index (χ1n) is 5.95. The third kappa shape index (κ3) is 7.79. The van der Waals surface area contributed by atoms with Crippen LogP contribution < -0.4 is 10.1 Å². The van der Waals surface area contributed by atoms with Crippen LogP contribution in [0.25, 0.3) is 0 Å². The first-order valence-corrected chi connectivity index (χ1v) is 5.95. The molecule has 0 fully saturated rings. The zero-order chi connectivity index (χ0) is 15.7. The Morgan fingerprint density at radius 3 is 2.52 bits per heavy atom. The van der Waals surface area contributed by atoms with Crippen molar-refractivity contribution in [3.05, 3.63) is 29.8 Å². The molecule has 0 spiro atoms. The molecule has 0 aliphatic rings. The molecular weight excluding hydrogens is 289 g/mol. The lowest BCUT2D eigenvalue weighted by Crippen LogP contribution is -2.32. The summed E-state index contributed by atoms with van der Waals surface area (Å²) in [5.74, 6) is -0.0626. The van der Waals surface area contributed by atoms with Gasteiger partial charge in [-0.15, -0.1) is 0 Å². The lowest BCUT2D eigenvalue weighted by atomic mass is 10.2. The fourth-order valence-corrected chi connectivity index (χ4v) is 1.28. The zero-order valence-corrected chi connectivity index (χ0v) is 10.9. The Morgan fingerprint density at radius 2 is 1.95 bits per heavy atom. The lowest BCUT2D eigenvalue weighted by Gasteiger charge is -2.09. The molecule has 0 bridgehead atoms. The molecule has 0 atom stereocenters. The normalized spacial score (nSPS) is 10.8. The monoisotopic (exact) mass is 302 g/mol. The van der Waals surface area contributed by atoms with Crippen molar-refractivity contribution in [2.75, 3.05) is 26.4 Å². The van der Waals surface area contributed by atoms with Gasteiger partial charge < -0.3 is 14.8 Å². The summed E-state index contributed by atoms with van der Waals surface area (Å²) in [5.41, 5.74) is 0.466. The number of halogens is 3. The molecule has 21 heavy (non-hydrogen) atoms. The minimum atomic E-state index is -4.37. The number of nitriles is 1. The van der Waals surface area contributed by atoms with E-state index in [9.17, 15) is 18.0 Å². The quantitative estimate of drug-likeness (QED) is 0.777. The average Bonchev–Trinajstić information content (AvgIpc) is 2.44. The number of nitrogens with one attached hydrogen (secondary N) is 1. The number of amides is 1. The molecule has 1 aromatic rings. The maximum absolute atomic E-state index is 11.8. The van der Waals surface area contributed by atoms with Crippen molar-refractivity contribution in [1.82, 2.24) is 5.32 Å². The molecule has 0 radical (unpaired) electrons. The molecule has 1 rings (SSSR count). The summed E-state index contributed by atoms with van der Waals surface area (Å²) < 4.78 is 44.7. The molecule has 8 heteroatoms. The Morgan fingerprint density at radius 1 is 1.29 bits per heavy atom. The summed E-state index contributed by atoms with van der Waals surface area (Å²) in [7, 11) is 0. The van der Waals surface area contributed by atoms with Crippen molar-refractivity contribution >= 4 is 5.91 Å². The van der Waals surface area contributed by atoms with Crippen LogP contribution in [0.1, 0.15) is 5.56 Å². The summed E-state index contributed by atoms with van der Waals surface area (Å²) in [6, 6.07) is 8.10. The molecule has 0 aliphatic heterocycles. The van der Waals surface area contributed by atoms with Crippen molar-refractivity contribution in [3.8, 4) is 11.8 Å². The van der Waals surface area contributed by atoms with Crippen molar-refractivity contribution in [2.24, 2.45) is 0 Å². The van der Waals surface area contributed by atoms with E-state index in [1.165, 1.54) is 24.3 Å². The number of benzene rings is 1. The third-order valence-corrected chi connectivity index (χ3v) is 2.19. The fourth-order valence-electron chi connectivity index (χ4n) is 1.28. The molecule has 0 saturated heterocycles. The highest BCUT2D eigenvalue weighted by molar-refractivity contribution is 5.77. The van der Waals surface area contributed by atoms with Gasteiger partial charge >= 0.3 is 6.18 Å². The van der Waals surface area contributed by atoms with Crippen molar-refractivity contribution < 1.29 is 27.4 Å². The molecule has 0 heterocycles. The van der Waals surface area contributed by atoms with Crippen LogP contribution in [0.4, 0.5) is 13.2 Å². The van der Waals surface area contributed by atoms with Gasteiger partial charge in [0.1, 0.15) is 12.4 Å². The van der Waals surface area contributed by atoms with Crippen molar-refractivity contribution in [1.29, 1.82) is 5.26 Å². The van der Waals surface area contributed by atoms with Gasteiger partial charge in [0.15, 0.2) is 6.61 Å². The third-order valence-electron chi connectivity index (χ3n) is 2.19. The van der Waals surface area contributed by atoms with Crippen LogP contribution in [-0.2, 0) is 9.53 Å². The van der Waals surface area contributed by atoms with Crippen LogP contribution in [0, 0.1) is 11.3 Å². The first kappa shape index (κ1) is 16.8. The summed E-state index contributed by atoms with van der Waals surface area (Å²) in [4.78, 5) is 11.3. The van der Waals surface area contributed by atoms with Crippen LogP contribution in [0.2, 0.25) is 0 Å². The number of carbonyl (C=O) groups excluding carboxylic acids is 1. The number of ether oxygens (including phenoxy) is 2. The smallest absolute Gasteiger partial charge is 0.411 e. The minimum Gasteiger partial charge on any atom is -0.484 e. The number of nitrogens with zero attached hydrogens (tertiary/aromatic N) is 1. The second-order valence-electron chi connectivity index (χ2n) is 3.94. The van der Waals surface area contributed by atoms with Gasteiger partial charge in [0, 0.05) is 6.54 Å². The highest BCUT2D eigenvalue weighted by atomic mass is 19.4. The molecule has 1 aromatic carbocycles. The summed E-state index contributed by atoms with van der Waals surface area (Å²) in [6.45, 7) is -1.89. The van der Waals surface area contributed by atoms with Crippen LogP contribution in [0.15, 0.2) is 24.3 Å². The van der Waals surface area contributed by atoms with Gasteiger partial charge in [0.25, 0.3) is 5.91 Å². The van der Waals surface area contributed by atoms with E-state index in [1.54, 1.807) is 0 Å². The van der Waals surface area contributed by atoms with E-state index in [2.05, 4.69) is 10.1 Å². The van der Waals surface area contributed by atoms with E-state index >= 15 is 0 Å². The number of hydrogen-bond acceptors (Lipinski definition) is 4. The van der Waals surface area contributed by atoms with Crippen molar-refractivity contribution in [3.63, 3.8) is 0 Å². The largest absolute Gasteiger partial charge is 0.484 e. The van der Waals surface area contributed by atoms with E-state index < -0.39 is 18.7 Å². The summed E-state index contributed by atoms with van der Waals surface area (Å²) >= 11 is 0. The highest BCUT2D eigenvalue weighted by Gasteiger charge is 2.27. The predicted octanol–water partition coefficient (Wildman–Crippen LogP) is 1.63. The lowest BCUT2D eigenvalue weighted by molar-refractivity contribution is -0.173. The SMILES string of the molecule is N#Cc1ccc(OCC(=O)NCCOCC(F)(F)F)cc1. The minimum absolute atomic E-state index is 0.0361. The maximum Gasteiger partial charge on any atom is 0.411 e. The van der Waals surface area contributed by atoms with Gasteiger partial charge in [-0.05, 0) is 24.3 Å². The van der Waals surface area contributed by atoms with Gasteiger partial charge in [-0.3, -0.25) is 4.79 Å². The average molecular weight is 302 g/mol. The molecule has 0 aromatic heterocycles.